The highest BCUT2D eigenvalue weighted by Gasteiger charge is 2.15. The van der Waals surface area contributed by atoms with Crippen molar-refractivity contribution >= 4 is 53.3 Å². The van der Waals surface area contributed by atoms with Crippen molar-refractivity contribution in [1.82, 2.24) is 9.97 Å². The molecule has 2 heterocycles. The van der Waals surface area contributed by atoms with Gasteiger partial charge in [-0.15, -0.1) is 11.3 Å². The second-order valence-electron chi connectivity index (χ2n) is 9.83. The summed E-state index contributed by atoms with van der Waals surface area (Å²) < 4.78 is 2.65. The van der Waals surface area contributed by atoms with Crippen LogP contribution in [0.15, 0.2) is 133 Å². The predicted octanol–water partition coefficient (Wildman–Crippen LogP) is 10.2. The zero-order chi connectivity index (χ0) is 25.8. The summed E-state index contributed by atoms with van der Waals surface area (Å²) >= 11 is 1.86. The molecule has 0 aliphatic heterocycles. The molecule has 0 saturated heterocycles. The van der Waals surface area contributed by atoms with Crippen LogP contribution in [-0.4, -0.2) is 9.97 Å². The summed E-state index contributed by atoms with van der Waals surface area (Å²) in [6.45, 7) is 0. The predicted molar refractivity (Wildman–Crippen MR) is 166 cm³/mol. The van der Waals surface area contributed by atoms with Gasteiger partial charge in [-0.3, -0.25) is 0 Å². The maximum atomic E-state index is 5.12. The van der Waals surface area contributed by atoms with Gasteiger partial charge in [0.25, 0.3) is 0 Å². The summed E-state index contributed by atoms with van der Waals surface area (Å²) in [6, 6.07) is 47.2. The quantitative estimate of drug-likeness (QED) is 0.234. The van der Waals surface area contributed by atoms with E-state index in [1.54, 1.807) is 0 Å². The molecule has 8 rings (SSSR count). The first-order chi connectivity index (χ1) is 19.3. The molecule has 0 unspecified atom stereocenters. The topological polar surface area (TPSA) is 25.8 Å². The van der Waals surface area contributed by atoms with Crippen molar-refractivity contribution in [3.63, 3.8) is 0 Å². The Bertz CT molecular complexity index is 2180. The number of nitrogens with zero attached hydrogens (tertiary/aromatic N) is 2. The molecule has 0 saturated carbocycles. The molecule has 2 aromatic heterocycles. The fraction of sp³-hybridized carbons (Fsp3) is 0. The lowest BCUT2D eigenvalue weighted by molar-refractivity contribution is 1.29. The summed E-state index contributed by atoms with van der Waals surface area (Å²) in [4.78, 5) is 10.2. The van der Waals surface area contributed by atoms with Crippen molar-refractivity contribution in [2.45, 2.75) is 0 Å². The summed E-state index contributed by atoms with van der Waals surface area (Å²) in [5.41, 5.74) is 8.12. The molecule has 0 amide bonds. The Balaban J connectivity index is 1.34. The molecule has 0 bridgehead atoms. The number of benzene rings is 6. The van der Waals surface area contributed by atoms with Crippen LogP contribution in [0.2, 0.25) is 0 Å². The fourth-order valence-electron chi connectivity index (χ4n) is 5.58. The Morgan fingerprint density at radius 3 is 1.92 bits per heavy atom. The van der Waals surface area contributed by atoms with Crippen LogP contribution in [0.5, 0.6) is 0 Å². The van der Waals surface area contributed by atoms with Crippen LogP contribution in [0, 0.1) is 0 Å². The van der Waals surface area contributed by atoms with E-state index in [-0.39, 0.29) is 0 Å². The lowest BCUT2D eigenvalue weighted by Gasteiger charge is -2.13. The molecule has 8 aromatic rings. The minimum absolute atomic E-state index is 0.897. The third-order valence-electron chi connectivity index (χ3n) is 7.44. The number of rotatable bonds is 3. The molecule has 0 atom stereocenters. The van der Waals surface area contributed by atoms with Crippen LogP contribution in [0.1, 0.15) is 0 Å². The number of fused-ring (bicyclic) bond motifs is 5. The molecule has 0 fully saturated rings. The Kier molecular flexibility index (Phi) is 5.04. The van der Waals surface area contributed by atoms with E-state index < -0.39 is 0 Å². The van der Waals surface area contributed by atoms with Gasteiger partial charge in [0.05, 0.1) is 22.4 Å². The van der Waals surface area contributed by atoms with Crippen molar-refractivity contribution in [3.05, 3.63) is 133 Å². The lowest BCUT2D eigenvalue weighted by atomic mass is 9.94. The maximum absolute atomic E-state index is 5.12. The first-order valence-electron chi connectivity index (χ1n) is 13.1. The van der Waals surface area contributed by atoms with Gasteiger partial charge in [-0.25, -0.2) is 9.97 Å². The van der Waals surface area contributed by atoms with Gasteiger partial charge < -0.3 is 0 Å². The van der Waals surface area contributed by atoms with Gasteiger partial charge in [0.2, 0.25) is 0 Å². The summed E-state index contributed by atoms with van der Waals surface area (Å²) in [7, 11) is 0. The van der Waals surface area contributed by atoms with E-state index in [2.05, 4.69) is 103 Å². The largest absolute Gasteiger partial charge is 0.244 e. The normalized spacial score (nSPS) is 11.6. The molecule has 0 aliphatic carbocycles. The third kappa shape index (κ3) is 3.70. The van der Waals surface area contributed by atoms with Gasteiger partial charge in [0.15, 0.2) is 0 Å². The van der Waals surface area contributed by atoms with E-state index in [0.29, 0.717) is 0 Å². The number of para-hydroxylation sites is 2. The zero-order valence-corrected chi connectivity index (χ0v) is 21.8. The van der Waals surface area contributed by atoms with Crippen LogP contribution in [0.25, 0.3) is 75.6 Å². The lowest BCUT2D eigenvalue weighted by Crippen LogP contribution is -1.95. The Morgan fingerprint density at radius 1 is 0.410 bits per heavy atom. The smallest absolute Gasteiger partial charge is 0.0973 e. The van der Waals surface area contributed by atoms with E-state index >= 15 is 0 Å². The van der Waals surface area contributed by atoms with E-state index in [1.807, 2.05) is 41.7 Å². The molecule has 0 aliphatic rings. The van der Waals surface area contributed by atoms with Gasteiger partial charge in [0.1, 0.15) is 0 Å². The van der Waals surface area contributed by atoms with Crippen LogP contribution in [-0.2, 0) is 0 Å². The van der Waals surface area contributed by atoms with Crippen molar-refractivity contribution in [3.8, 4) is 33.6 Å². The first kappa shape index (κ1) is 22.2. The van der Waals surface area contributed by atoms with Crippen LogP contribution in [0.3, 0.4) is 0 Å². The second kappa shape index (κ2) is 8.87. The van der Waals surface area contributed by atoms with Crippen LogP contribution < -0.4 is 0 Å². The standard InChI is InChI=1S/C36H22N2S/c1-2-10-23(11-3-1)35-36(38-32-18-6-5-17-31(32)37-35)26-14-8-12-24(20-26)27-16-9-13-25-21-30-28-15-4-7-19-33(28)39-34(30)22-29(25)27/h1-22H. The van der Waals surface area contributed by atoms with Crippen LogP contribution >= 0.6 is 11.3 Å². The third-order valence-corrected chi connectivity index (χ3v) is 8.58. The zero-order valence-electron chi connectivity index (χ0n) is 21.0. The monoisotopic (exact) mass is 514 g/mol. The highest BCUT2D eigenvalue weighted by atomic mass is 32.1. The highest BCUT2D eigenvalue weighted by molar-refractivity contribution is 7.25. The minimum Gasteiger partial charge on any atom is -0.244 e. The average molecular weight is 515 g/mol. The van der Waals surface area contributed by atoms with Gasteiger partial charge in [0, 0.05) is 31.3 Å². The fourth-order valence-corrected chi connectivity index (χ4v) is 6.71. The van der Waals surface area contributed by atoms with E-state index in [0.717, 1.165) is 33.5 Å². The van der Waals surface area contributed by atoms with Crippen LogP contribution in [0.4, 0.5) is 0 Å². The molecule has 0 spiro atoms. The van der Waals surface area contributed by atoms with E-state index in [9.17, 15) is 0 Å². The molecular formula is C36H22N2S. The molecule has 3 heteroatoms. The summed E-state index contributed by atoms with van der Waals surface area (Å²) in [5.74, 6) is 0. The highest BCUT2D eigenvalue weighted by Crippen LogP contribution is 2.40. The Hall–Kier alpha value is -4.86. The molecule has 6 aromatic carbocycles. The van der Waals surface area contributed by atoms with Gasteiger partial charge >= 0.3 is 0 Å². The Labute approximate surface area is 229 Å². The van der Waals surface area contributed by atoms with E-state index in [1.165, 1.54) is 42.1 Å². The van der Waals surface area contributed by atoms with Crippen molar-refractivity contribution in [2.75, 3.05) is 0 Å². The molecule has 2 nitrogen and oxygen atoms in total. The number of hydrogen-bond acceptors (Lipinski definition) is 3. The molecule has 0 N–H and O–H groups in total. The number of aromatic nitrogens is 2. The average Bonchev–Trinajstić information content (AvgIpc) is 3.37. The molecule has 39 heavy (non-hydrogen) atoms. The van der Waals surface area contributed by atoms with E-state index in [4.69, 9.17) is 9.97 Å². The molecular weight excluding hydrogens is 492 g/mol. The molecule has 0 radical (unpaired) electrons. The number of hydrogen-bond donors (Lipinski definition) is 0. The van der Waals surface area contributed by atoms with Gasteiger partial charge in [-0.2, -0.15) is 0 Å². The van der Waals surface area contributed by atoms with Crippen molar-refractivity contribution in [2.24, 2.45) is 0 Å². The summed E-state index contributed by atoms with van der Waals surface area (Å²) in [6.07, 6.45) is 0. The second-order valence-corrected chi connectivity index (χ2v) is 10.9. The van der Waals surface area contributed by atoms with Gasteiger partial charge in [-0.05, 0) is 58.3 Å². The van der Waals surface area contributed by atoms with Crippen molar-refractivity contribution < 1.29 is 0 Å². The van der Waals surface area contributed by atoms with Gasteiger partial charge in [-0.1, -0.05) is 97.1 Å². The summed E-state index contributed by atoms with van der Waals surface area (Å²) in [5, 5.41) is 5.18. The maximum Gasteiger partial charge on any atom is 0.0973 e. The van der Waals surface area contributed by atoms with Crippen molar-refractivity contribution in [1.29, 1.82) is 0 Å². The Morgan fingerprint density at radius 2 is 1.08 bits per heavy atom. The SMILES string of the molecule is c1ccc(-c2nc3ccccc3nc2-c2cccc(-c3cccc4cc5c(cc34)sc3ccccc35)c2)cc1. The number of thiophene rings is 1. The minimum atomic E-state index is 0.897. The first-order valence-corrected chi connectivity index (χ1v) is 13.9. The molecule has 182 valence electrons.